The third kappa shape index (κ3) is 5.65. The van der Waals surface area contributed by atoms with Crippen molar-refractivity contribution in [3.63, 3.8) is 0 Å². The van der Waals surface area contributed by atoms with Gasteiger partial charge in [-0.25, -0.2) is 0 Å². The quantitative estimate of drug-likeness (QED) is 0.614. The summed E-state index contributed by atoms with van der Waals surface area (Å²) in [7, 11) is 0. The van der Waals surface area contributed by atoms with Crippen molar-refractivity contribution in [1.29, 1.82) is 0 Å². The molecular weight excluding hydrogens is 266 g/mol. The van der Waals surface area contributed by atoms with Gasteiger partial charge in [0.25, 0.3) is 0 Å². The molecule has 1 aromatic rings. The Morgan fingerprint density at radius 2 is 1.82 bits per heavy atom. The highest BCUT2D eigenvalue weighted by atomic mass is 15.1. The molecule has 118 valence electrons. The van der Waals surface area contributed by atoms with Gasteiger partial charge in [-0.05, 0) is 75.4 Å². The number of hydrogen-bond acceptors (Lipinski definition) is 1. The Bertz CT molecular complexity index is 501. The lowest BCUT2D eigenvalue weighted by molar-refractivity contribution is 0.334. The highest BCUT2D eigenvalue weighted by molar-refractivity contribution is 5.31. The zero-order chi connectivity index (χ0) is 15.6. The molecule has 0 bridgehead atoms. The summed E-state index contributed by atoms with van der Waals surface area (Å²) in [4.78, 5) is 2.59. The van der Waals surface area contributed by atoms with Gasteiger partial charge in [0.2, 0.25) is 0 Å². The zero-order valence-electron chi connectivity index (χ0n) is 13.9. The maximum atomic E-state index is 3.90. The molecule has 1 saturated heterocycles. The van der Waals surface area contributed by atoms with Crippen molar-refractivity contribution >= 4 is 0 Å². The van der Waals surface area contributed by atoms with Gasteiger partial charge in [-0.3, -0.25) is 0 Å². The normalized spacial score (nSPS) is 16.5. The number of hydrogen-bond donors (Lipinski definition) is 0. The lowest BCUT2D eigenvalue weighted by Crippen LogP contribution is -2.20. The number of rotatable bonds is 8. The van der Waals surface area contributed by atoms with E-state index in [2.05, 4.69) is 47.9 Å². The van der Waals surface area contributed by atoms with Gasteiger partial charge in [-0.2, -0.15) is 0 Å². The minimum atomic E-state index is 0.960. The Morgan fingerprint density at radius 1 is 1.14 bits per heavy atom. The second kappa shape index (κ2) is 9.42. The molecule has 22 heavy (non-hydrogen) atoms. The lowest BCUT2D eigenvalue weighted by atomic mass is 10.0. The van der Waals surface area contributed by atoms with Crippen LogP contribution in [0, 0.1) is 0 Å². The summed E-state index contributed by atoms with van der Waals surface area (Å²) in [6, 6.07) is 9.10. The van der Waals surface area contributed by atoms with Crippen LogP contribution in [0.25, 0.3) is 0 Å². The number of likely N-dealkylation sites (tertiary alicyclic amines) is 1. The largest absolute Gasteiger partial charge is 0.303 e. The molecule has 1 heterocycles. The molecule has 0 N–H and O–H groups in total. The summed E-state index contributed by atoms with van der Waals surface area (Å²) in [6.07, 6.45) is 14.4. The molecule has 2 rings (SSSR count). The predicted molar refractivity (Wildman–Crippen MR) is 97.2 cm³/mol. The number of benzene rings is 1. The third-order valence-corrected chi connectivity index (χ3v) is 4.33. The van der Waals surface area contributed by atoms with Gasteiger partial charge in [0.05, 0.1) is 0 Å². The molecule has 0 amide bonds. The maximum Gasteiger partial charge on any atom is -0.00156 e. The molecule has 0 atom stereocenters. The first-order valence-corrected chi connectivity index (χ1v) is 8.56. The zero-order valence-corrected chi connectivity index (χ0v) is 13.9. The van der Waals surface area contributed by atoms with Crippen LogP contribution in [0.1, 0.15) is 37.3 Å². The molecule has 0 unspecified atom stereocenters. The van der Waals surface area contributed by atoms with Gasteiger partial charge in [0.15, 0.2) is 0 Å². The molecule has 0 aromatic heterocycles. The Morgan fingerprint density at radius 3 is 2.45 bits per heavy atom. The van der Waals surface area contributed by atoms with Crippen LogP contribution < -0.4 is 0 Å². The number of allylic oxidation sites excluding steroid dienone is 5. The van der Waals surface area contributed by atoms with E-state index in [9.17, 15) is 0 Å². The Balaban J connectivity index is 1.80. The van der Waals surface area contributed by atoms with Crippen LogP contribution in [0.3, 0.4) is 0 Å². The highest BCUT2D eigenvalue weighted by Gasteiger charge is 2.10. The van der Waals surface area contributed by atoms with Crippen LogP contribution in [0.4, 0.5) is 0 Å². The highest BCUT2D eigenvalue weighted by Crippen LogP contribution is 2.13. The lowest BCUT2D eigenvalue weighted by Gasteiger charge is -2.14. The van der Waals surface area contributed by atoms with Gasteiger partial charge >= 0.3 is 0 Å². The minimum Gasteiger partial charge on any atom is -0.303 e. The SMILES string of the molecule is C=C/C(=C\C=C/C)Cc1ccc(CCCN2CCCC2)cc1. The van der Waals surface area contributed by atoms with Crippen LogP contribution in [-0.2, 0) is 12.8 Å². The minimum absolute atomic E-state index is 0.960. The standard InChI is InChI=1S/C21H29N/c1-3-5-9-19(4-2)18-21-13-11-20(12-14-21)10-8-17-22-15-6-7-16-22/h3-5,9,11-14H,2,6-8,10,15-18H2,1H3/b5-3-,19-9+. The Kier molecular flexibility index (Phi) is 7.18. The van der Waals surface area contributed by atoms with Crippen molar-refractivity contribution < 1.29 is 0 Å². The fraction of sp³-hybridized carbons (Fsp3) is 0.429. The molecule has 1 nitrogen and oxygen atoms in total. The first-order chi connectivity index (χ1) is 10.8. The number of nitrogens with zero attached hydrogens (tertiary/aromatic N) is 1. The molecule has 1 aliphatic rings. The molecular formula is C21H29N. The van der Waals surface area contributed by atoms with Crippen molar-refractivity contribution in [2.45, 2.75) is 39.0 Å². The van der Waals surface area contributed by atoms with E-state index in [1.807, 2.05) is 19.1 Å². The van der Waals surface area contributed by atoms with Gasteiger partial charge in [0, 0.05) is 0 Å². The molecule has 0 spiro atoms. The van der Waals surface area contributed by atoms with E-state index in [-0.39, 0.29) is 0 Å². The van der Waals surface area contributed by atoms with Crippen LogP contribution in [-0.4, -0.2) is 24.5 Å². The Labute approximate surface area is 136 Å². The van der Waals surface area contributed by atoms with Crippen molar-refractivity contribution in [3.8, 4) is 0 Å². The summed E-state index contributed by atoms with van der Waals surface area (Å²) in [5, 5.41) is 0. The second-order valence-corrected chi connectivity index (χ2v) is 6.12. The van der Waals surface area contributed by atoms with E-state index in [4.69, 9.17) is 0 Å². The smallest absolute Gasteiger partial charge is 0.00156 e. The molecule has 0 radical (unpaired) electrons. The van der Waals surface area contributed by atoms with Crippen molar-refractivity contribution in [3.05, 3.63) is 71.8 Å². The average Bonchev–Trinajstić information content (AvgIpc) is 3.06. The van der Waals surface area contributed by atoms with E-state index in [1.165, 1.54) is 62.0 Å². The molecule has 1 aromatic carbocycles. The summed E-state index contributed by atoms with van der Waals surface area (Å²) >= 11 is 0. The van der Waals surface area contributed by atoms with Gasteiger partial charge in [0.1, 0.15) is 0 Å². The van der Waals surface area contributed by atoms with Crippen molar-refractivity contribution in [2.75, 3.05) is 19.6 Å². The average molecular weight is 295 g/mol. The van der Waals surface area contributed by atoms with E-state index < -0.39 is 0 Å². The summed E-state index contributed by atoms with van der Waals surface area (Å²) in [5.41, 5.74) is 4.08. The fourth-order valence-electron chi connectivity index (χ4n) is 2.99. The molecule has 1 fully saturated rings. The third-order valence-electron chi connectivity index (χ3n) is 4.33. The number of aryl methyl sites for hydroxylation is 1. The predicted octanol–water partition coefficient (Wildman–Crippen LogP) is 4.95. The molecule has 0 aliphatic carbocycles. The van der Waals surface area contributed by atoms with E-state index in [0.717, 1.165) is 6.42 Å². The molecule has 1 heteroatoms. The first kappa shape index (κ1) is 16.8. The Hall–Kier alpha value is -1.60. The van der Waals surface area contributed by atoms with Crippen LogP contribution in [0.15, 0.2) is 60.7 Å². The van der Waals surface area contributed by atoms with Crippen LogP contribution in [0.5, 0.6) is 0 Å². The van der Waals surface area contributed by atoms with Gasteiger partial charge in [-0.15, -0.1) is 0 Å². The summed E-state index contributed by atoms with van der Waals surface area (Å²) < 4.78 is 0. The van der Waals surface area contributed by atoms with Crippen molar-refractivity contribution in [1.82, 2.24) is 4.90 Å². The first-order valence-electron chi connectivity index (χ1n) is 8.56. The molecule has 0 saturated carbocycles. The second-order valence-electron chi connectivity index (χ2n) is 6.12. The van der Waals surface area contributed by atoms with E-state index in [0.29, 0.717) is 0 Å². The van der Waals surface area contributed by atoms with Gasteiger partial charge in [-0.1, -0.05) is 55.1 Å². The van der Waals surface area contributed by atoms with Crippen LogP contribution >= 0.6 is 0 Å². The monoisotopic (exact) mass is 295 g/mol. The van der Waals surface area contributed by atoms with Crippen molar-refractivity contribution in [2.24, 2.45) is 0 Å². The topological polar surface area (TPSA) is 3.24 Å². The van der Waals surface area contributed by atoms with Gasteiger partial charge < -0.3 is 4.90 Å². The summed E-state index contributed by atoms with van der Waals surface area (Å²) in [5.74, 6) is 0. The fourth-order valence-corrected chi connectivity index (χ4v) is 2.99. The van der Waals surface area contributed by atoms with E-state index >= 15 is 0 Å². The van der Waals surface area contributed by atoms with Crippen LogP contribution in [0.2, 0.25) is 0 Å². The maximum absolute atomic E-state index is 3.90. The summed E-state index contributed by atoms with van der Waals surface area (Å²) in [6.45, 7) is 9.81. The van der Waals surface area contributed by atoms with E-state index in [1.54, 1.807) is 0 Å². The molecule has 1 aliphatic heterocycles.